The zero-order valence-corrected chi connectivity index (χ0v) is 9.37. The molecule has 0 bridgehead atoms. The maximum absolute atomic E-state index is 11.5. The summed E-state index contributed by atoms with van der Waals surface area (Å²) in [6.45, 7) is 8.09. The van der Waals surface area contributed by atoms with Crippen molar-refractivity contribution < 1.29 is 4.79 Å². The van der Waals surface area contributed by atoms with Gasteiger partial charge in [-0.3, -0.25) is 4.79 Å². The molecule has 1 aromatic heterocycles. The van der Waals surface area contributed by atoms with Gasteiger partial charge in [-0.05, 0) is 20.8 Å². The minimum atomic E-state index is 0.0445. The summed E-state index contributed by atoms with van der Waals surface area (Å²) in [5.41, 5.74) is 1.76. The van der Waals surface area contributed by atoms with E-state index in [1.54, 1.807) is 0 Å². The minimum Gasteiger partial charge on any atom is -0.346 e. The highest BCUT2D eigenvalue weighted by atomic mass is 16.2. The molecule has 0 aromatic carbocycles. The molecule has 5 heteroatoms. The molecule has 0 radical (unpaired) electrons. The predicted molar refractivity (Wildman–Crippen MR) is 59.2 cm³/mol. The van der Waals surface area contributed by atoms with Crippen molar-refractivity contribution in [3.05, 3.63) is 5.69 Å². The van der Waals surface area contributed by atoms with Crippen LogP contribution in [-0.4, -0.2) is 28.8 Å². The second-order valence-electron chi connectivity index (χ2n) is 3.66. The molecule has 1 aromatic rings. The molecule has 1 N–H and O–H groups in total. The summed E-state index contributed by atoms with van der Waals surface area (Å²) < 4.78 is 1.94. The molecule has 0 saturated heterocycles. The number of aryl methyl sites for hydroxylation is 2. The maximum Gasteiger partial charge on any atom is 0.244 e. The molecule has 0 atom stereocenters. The van der Waals surface area contributed by atoms with Crippen LogP contribution in [0.4, 0.5) is 11.5 Å². The average molecular weight is 208 g/mol. The number of aromatic nitrogens is 2. The van der Waals surface area contributed by atoms with Crippen LogP contribution >= 0.6 is 0 Å². The van der Waals surface area contributed by atoms with Gasteiger partial charge in [0.1, 0.15) is 5.69 Å². The lowest BCUT2D eigenvalue weighted by Crippen LogP contribution is -2.39. The van der Waals surface area contributed by atoms with E-state index in [1.165, 1.54) is 0 Å². The zero-order valence-electron chi connectivity index (χ0n) is 9.37. The van der Waals surface area contributed by atoms with Crippen molar-refractivity contribution in [1.82, 2.24) is 9.78 Å². The number of hydrogen-bond donors (Lipinski definition) is 1. The van der Waals surface area contributed by atoms with Gasteiger partial charge in [-0.2, -0.15) is 5.10 Å². The van der Waals surface area contributed by atoms with E-state index in [4.69, 9.17) is 0 Å². The van der Waals surface area contributed by atoms with E-state index in [1.807, 2.05) is 18.5 Å². The Labute approximate surface area is 89.1 Å². The highest BCUT2D eigenvalue weighted by Crippen LogP contribution is 2.32. The Balaban J connectivity index is 2.52. The van der Waals surface area contributed by atoms with Crippen molar-refractivity contribution in [3.63, 3.8) is 0 Å². The average Bonchev–Trinajstić information content (AvgIpc) is 2.55. The van der Waals surface area contributed by atoms with Crippen LogP contribution < -0.4 is 10.2 Å². The fourth-order valence-electron chi connectivity index (χ4n) is 1.95. The summed E-state index contributed by atoms with van der Waals surface area (Å²) in [6.07, 6.45) is 0. The van der Waals surface area contributed by atoms with Crippen LogP contribution in [0.25, 0.3) is 0 Å². The predicted octanol–water partition coefficient (Wildman–Crippen LogP) is 0.990. The van der Waals surface area contributed by atoms with Crippen molar-refractivity contribution in [2.45, 2.75) is 27.3 Å². The van der Waals surface area contributed by atoms with Crippen LogP contribution in [-0.2, 0) is 11.3 Å². The van der Waals surface area contributed by atoms with Gasteiger partial charge >= 0.3 is 0 Å². The Morgan fingerprint density at radius 1 is 1.40 bits per heavy atom. The van der Waals surface area contributed by atoms with E-state index < -0.39 is 0 Å². The summed E-state index contributed by atoms with van der Waals surface area (Å²) in [4.78, 5) is 13.5. The summed E-state index contributed by atoms with van der Waals surface area (Å²) in [6, 6.07) is 0. The smallest absolute Gasteiger partial charge is 0.244 e. The number of hydrogen-bond acceptors (Lipinski definition) is 3. The molecule has 82 valence electrons. The number of amides is 1. The van der Waals surface area contributed by atoms with Crippen molar-refractivity contribution in [2.75, 3.05) is 23.3 Å². The monoisotopic (exact) mass is 208 g/mol. The van der Waals surface area contributed by atoms with Crippen LogP contribution in [0.2, 0.25) is 0 Å². The van der Waals surface area contributed by atoms with Crippen molar-refractivity contribution in [1.29, 1.82) is 0 Å². The highest BCUT2D eigenvalue weighted by Gasteiger charge is 2.27. The molecule has 0 spiro atoms. The Kier molecular flexibility index (Phi) is 2.38. The summed E-state index contributed by atoms with van der Waals surface area (Å²) in [5, 5.41) is 7.29. The first-order chi connectivity index (χ1) is 7.17. The first kappa shape index (κ1) is 10.0. The third-order valence-electron chi connectivity index (χ3n) is 2.68. The first-order valence-electron chi connectivity index (χ1n) is 5.29. The number of carbonyl (C=O) groups is 1. The fraction of sp³-hybridized carbons (Fsp3) is 0.600. The molecule has 2 rings (SSSR count). The molecule has 1 aliphatic heterocycles. The molecule has 0 aliphatic carbocycles. The molecular weight excluding hydrogens is 192 g/mol. The minimum absolute atomic E-state index is 0.0445. The van der Waals surface area contributed by atoms with Crippen LogP contribution in [0.1, 0.15) is 19.5 Å². The standard InChI is InChI=1S/C10H16N4O/c1-4-13-6-8(15)11-9-7(3)12-14(5-2)10(9)13/h4-6H2,1-3H3,(H,11,15). The van der Waals surface area contributed by atoms with E-state index in [9.17, 15) is 4.79 Å². The molecule has 0 unspecified atom stereocenters. The summed E-state index contributed by atoms with van der Waals surface area (Å²) >= 11 is 0. The van der Waals surface area contributed by atoms with Gasteiger partial charge in [0, 0.05) is 13.1 Å². The molecular formula is C10H16N4O. The van der Waals surface area contributed by atoms with Crippen molar-refractivity contribution in [3.8, 4) is 0 Å². The first-order valence-corrected chi connectivity index (χ1v) is 5.29. The van der Waals surface area contributed by atoms with E-state index >= 15 is 0 Å². The number of nitrogens with zero attached hydrogens (tertiary/aromatic N) is 3. The number of nitrogens with one attached hydrogen (secondary N) is 1. The zero-order chi connectivity index (χ0) is 11.0. The summed E-state index contributed by atoms with van der Waals surface area (Å²) in [7, 11) is 0. The van der Waals surface area contributed by atoms with Gasteiger partial charge in [-0.25, -0.2) is 4.68 Å². The second-order valence-corrected chi connectivity index (χ2v) is 3.66. The van der Waals surface area contributed by atoms with Crippen LogP contribution in [0.5, 0.6) is 0 Å². The van der Waals surface area contributed by atoms with Gasteiger partial charge in [0.05, 0.1) is 12.2 Å². The lowest BCUT2D eigenvalue weighted by atomic mass is 10.2. The Bertz CT molecular complexity index is 396. The third kappa shape index (κ3) is 1.48. The molecule has 1 aliphatic rings. The van der Waals surface area contributed by atoms with Gasteiger partial charge in [-0.1, -0.05) is 0 Å². The maximum atomic E-state index is 11.5. The number of rotatable bonds is 2. The van der Waals surface area contributed by atoms with Crippen LogP contribution in [0.3, 0.4) is 0 Å². The van der Waals surface area contributed by atoms with Gasteiger partial charge in [0.2, 0.25) is 5.91 Å². The van der Waals surface area contributed by atoms with Crippen LogP contribution in [0, 0.1) is 6.92 Å². The van der Waals surface area contributed by atoms with Crippen molar-refractivity contribution >= 4 is 17.4 Å². The summed E-state index contributed by atoms with van der Waals surface area (Å²) in [5.74, 6) is 1.08. The topological polar surface area (TPSA) is 50.2 Å². The molecule has 0 fully saturated rings. The Morgan fingerprint density at radius 3 is 2.73 bits per heavy atom. The van der Waals surface area contributed by atoms with Gasteiger partial charge in [0.25, 0.3) is 0 Å². The lowest BCUT2D eigenvalue weighted by molar-refractivity contribution is -0.115. The normalized spacial score (nSPS) is 15.1. The highest BCUT2D eigenvalue weighted by molar-refractivity contribution is 6.01. The molecule has 15 heavy (non-hydrogen) atoms. The van der Waals surface area contributed by atoms with Gasteiger partial charge in [-0.15, -0.1) is 0 Å². The van der Waals surface area contributed by atoms with Crippen molar-refractivity contribution in [2.24, 2.45) is 0 Å². The van der Waals surface area contributed by atoms with E-state index in [0.717, 1.165) is 30.3 Å². The van der Waals surface area contributed by atoms with Gasteiger partial charge in [0.15, 0.2) is 5.82 Å². The largest absolute Gasteiger partial charge is 0.346 e. The van der Waals surface area contributed by atoms with E-state index in [2.05, 4.69) is 22.2 Å². The number of anilines is 2. The number of carbonyl (C=O) groups excluding carboxylic acids is 1. The quantitative estimate of drug-likeness (QED) is 0.788. The third-order valence-corrected chi connectivity index (χ3v) is 2.68. The lowest BCUT2D eigenvalue weighted by Gasteiger charge is -2.28. The van der Waals surface area contributed by atoms with E-state index in [-0.39, 0.29) is 5.91 Å². The van der Waals surface area contributed by atoms with Crippen LogP contribution in [0.15, 0.2) is 0 Å². The second kappa shape index (κ2) is 3.56. The SMILES string of the molecule is CCN1CC(=O)Nc2c(C)nn(CC)c21. The molecule has 5 nitrogen and oxygen atoms in total. The van der Waals surface area contributed by atoms with Gasteiger partial charge < -0.3 is 10.2 Å². The molecule has 1 amide bonds. The molecule has 2 heterocycles. The Morgan fingerprint density at radius 2 is 2.13 bits per heavy atom. The van der Waals surface area contributed by atoms with E-state index in [0.29, 0.717) is 6.54 Å². The molecule has 0 saturated carbocycles. The number of likely N-dealkylation sites (N-methyl/N-ethyl adjacent to an activating group) is 1. The number of fused-ring (bicyclic) bond motifs is 1. The Hall–Kier alpha value is -1.52. The fourth-order valence-corrected chi connectivity index (χ4v) is 1.95.